The van der Waals surface area contributed by atoms with Crippen molar-refractivity contribution in [3.8, 4) is 11.5 Å². The minimum absolute atomic E-state index is 0.0113. The van der Waals surface area contributed by atoms with Crippen molar-refractivity contribution in [2.45, 2.75) is 80.0 Å². The van der Waals surface area contributed by atoms with Crippen molar-refractivity contribution in [1.29, 1.82) is 0 Å². The van der Waals surface area contributed by atoms with Crippen LogP contribution in [-0.2, 0) is 30.8 Å². The van der Waals surface area contributed by atoms with Gasteiger partial charge in [0.15, 0.2) is 29.8 Å². The molecule has 16 heteroatoms. The number of alkyl halides is 3. The molecule has 3 aliphatic heterocycles. The number of nitrogens with zero attached hydrogens (tertiary/aromatic N) is 3. The van der Waals surface area contributed by atoms with Crippen LogP contribution in [0.25, 0.3) is 0 Å². The number of aryl methyl sites for hydroxylation is 1. The zero-order chi connectivity index (χ0) is 30.6. The first-order valence-corrected chi connectivity index (χ1v) is 13.7. The highest BCUT2D eigenvalue weighted by Gasteiger charge is 2.69. The van der Waals surface area contributed by atoms with Gasteiger partial charge in [-0.2, -0.15) is 13.2 Å². The number of halogens is 3. The summed E-state index contributed by atoms with van der Waals surface area (Å²) in [4.78, 5) is 14.1. The van der Waals surface area contributed by atoms with Crippen LogP contribution >= 0.6 is 0 Å². The molecule has 2 bridgehead atoms. The molecule has 0 amide bonds. The molecule has 1 unspecified atom stereocenters. The number of aromatic nitrogens is 2. The molecule has 43 heavy (non-hydrogen) atoms. The molecule has 1 aromatic carbocycles. The van der Waals surface area contributed by atoms with Crippen molar-refractivity contribution >= 4 is 5.97 Å². The minimum Gasteiger partial charge on any atom is -0.504 e. The fourth-order valence-corrected chi connectivity index (χ4v) is 7.43. The van der Waals surface area contributed by atoms with E-state index in [-0.39, 0.29) is 35.2 Å². The molecule has 4 heterocycles. The van der Waals surface area contributed by atoms with Gasteiger partial charge in [-0.1, -0.05) is 12.1 Å². The molecule has 232 valence electrons. The average Bonchev–Trinajstić information content (AvgIpc) is 3.54. The maximum Gasteiger partial charge on any atom is 0.490 e. The number of piperidine rings is 1. The van der Waals surface area contributed by atoms with Crippen LogP contribution in [0, 0.1) is 12.8 Å². The Morgan fingerprint density at radius 1 is 1.21 bits per heavy atom. The van der Waals surface area contributed by atoms with E-state index in [1.54, 1.807) is 12.1 Å². The predicted octanol–water partition coefficient (Wildman–Crippen LogP) is 0.527. The number of carbonyl (C=O) groups excluding carboxylic acids is 1. The lowest BCUT2D eigenvalue weighted by Crippen LogP contribution is -2.70. The van der Waals surface area contributed by atoms with Crippen LogP contribution in [0.3, 0.4) is 0 Å². The topological polar surface area (TPSA) is 177 Å². The highest BCUT2D eigenvalue weighted by Crippen LogP contribution is 2.64. The number of likely N-dealkylation sites (N-methyl/N-ethyl adjacent to an activating group) is 1. The Morgan fingerprint density at radius 2 is 1.98 bits per heavy atom. The number of rotatable bonds is 4. The number of carbonyl (C=O) groups is 1. The van der Waals surface area contributed by atoms with E-state index in [1.807, 2.05) is 7.05 Å². The first-order valence-electron chi connectivity index (χ1n) is 13.7. The molecule has 7 rings (SSSR count). The van der Waals surface area contributed by atoms with Crippen LogP contribution in [0.1, 0.15) is 35.4 Å². The molecule has 2 fully saturated rings. The van der Waals surface area contributed by atoms with E-state index in [0.717, 1.165) is 11.1 Å². The number of phenols is 1. The van der Waals surface area contributed by atoms with E-state index >= 15 is 0 Å². The average molecular weight is 612 g/mol. The molecule has 2 saturated heterocycles. The highest BCUT2D eigenvalue weighted by atomic mass is 19.4. The Labute approximate surface area is 241 Å². The van der Waals surface area contributed by atoms with E-state index < -0.39 is 60.2 Å². The fraction of sp³-hybridized carbons (Fsp3) is 0.593. The van der Waals surface area contributed by atoms with Gasteiger partial charge in [0, 0.05) is 24.4 Å². The lowest BCUT2D eigenvalue weighted by molar-refractivity contribution is -0.372. The summed E-state index contributed by atoms with van der Waals surface area (Å²) in [6.07, 6.45) is -12.7. The maximum atomic E-state index is 13.2. The van der Waals surface area contributed by atoms with Gasteiger partial charge in [-0.05, 0) is 44.1 Å². The Morgan fingerprint density at radius 3 is 2.67 bits per heavy atom. The van der Waals surface area contributed by atoms with Crippen molar-refractivity contribution in [2.24, 2.45) is 5.92 Å². The third-order valence-electron chi connectivity index (χ3n) is 9.30. The summed E-state index contributed by atoms with van der Waals surface area (Å²) < 4.78 is 67.4. The summed E-state index contributed by atoms with van der Waals surface area (Å²) in [5, 5.41) is 51.9. The van der Waals surface area contributed by atoms with Gasteiger partial charge >= 0.3 is 12.1 Å². The Kier molecular flexibility index (Phi) is 6.20. The van der Waals surface area contributed by atoms with Gasteiger partial charge in [-0.15, -0.1) is 10.2 Å². The Balaban J connectivity index is 1.29. The normalized spacial score (nSPS) is 39.7. The standard InChI is InChI=1S/C27H28F3N3O10/c1-10-31-32-21(39-10)19-16(35)17(36)20(42-24(37)27(28,29)30)22(40-19)43-26(38)6-5-12-13-9-11-3-4-14(34)18-15(11)25(12,23(26)41-18)7-8-33(13)2/h3-6,12-13,16-17,19-20,22-23,34-36,38H,7-9H2,1-2H3/t12-,13+,16-,17-,19?,20+,22-,23+,25-,26-/m0/s1. The number of ether oxygens (including phenoxy) is 4. The molecule has 2 aliphatic carbocycles. The van der Waals surface area contributed by atoms with Crippen molar-refractivity contribution < 1.29 is 61.8 Å². The zero-order valence-corrected chi connectivity index (χ0v) is 22.8. The number of likely N-dealkylation sites (tertiary alicyclic amines) is 1. The van der Waals surface area contributed by atoms with Gasteiger partial charge in [0.25, 0.3) is 0 Å². The second-order valence-corrected chi connectivity index (χ2v) is 11.7. The summed E-state index contributed by atoms with van der Waals surface area (Å²) in [5.74, 6) is -5.58. The van der Waals surface area contributed by atoms with Crippen LogP contribution in [0.4, 0.5) is 13.2 Å². The van der Waals surface area contributed by atoms with Gasteiger partial charge in [-0.25, -0.2) is 4.79 Å². The van der Waals surface area contributed by atoms with Gasteiger partial charge in [0.05, 0.1) is 5.41 Å². The Bertz CT molecular complexity index is 1500. The van der Waals surface area contributed by atoms with E-state index in [0.29, 0.717) is 19.4 Å². The molecule has 1 aromatic heterocycles. The SMILES string of the molecule is Cc1nnc(C2O[C@@H](O[C@@]3(O)C=C[C@H]4[C@H]5Cc6ccc(O)c7c6[C@@]4(CCN5C)[C@H]3O7)[C@H](OC(=O)C(F)(F)F)[C@@H](O)[C@@H]2O)o1. The van der Waals surface area contributed by atoms with Crippen LogP contribution in [-0.4, -0.2) is 104 Å². The van der Waals surface area contributed by atoms with E-state index in [9.17, 15) is 38.4 Å². The summed E-state index contributed by atoms with van der Waals surface area (Å²) in [6.45, 7) is 2.04. The van der Waals surface area contributed by atoms with Crippen molar-refractivity contribution in [3.63, 3.8) is 0 Å². The third-order valence-corrected chi connectivity index (χ3v) is 9.30. The molecule has 1 spiro atoms. The van der Waals surface area contributed by atoms with E-state index in [2.05, 4.69) is 19.8 Å². The van der Waals surface area contributed by atoms with Crippen LogP contribution < -0.4 is 4.74 Å². The van der Waals surface area contributed by atoms with Crippen LogP contribution in [0.2, 0.25) is 0 Å². The first-order chi connectivity index (χ1) is 20.2. The number of benzene rings is 1. The molecule has 10 atom stereocenters. The molecule has 13 nitrogen and oxygen atoms in total. The minimum atomic E-state index is -5.46. The number of phenolic OH excluding ortho intramolecular Hbond substituents is 1. The summed E-state index contributed by atoms with van der Waals surface area (Å²) in [7, 11) is 1.99. The fourth-order valence-electron chi connectivity index (χ4n) is 7.43. The lowest BCUT2D eigenvalue weighted by atomic mass is 9.52. The second-order valence-electron chi connectivity index (χ2n) is 11.7. The monoisotopic (exact) mass is 611 g/mol. The van der Waals surface area contributed by atoms with Crippen molar-refractivity contribution in [2.75, 3.05) is 13.6 Å². The van der Waals surface area contributed by atoms with E-state index in [1.165, 1.54) is 19.1 Å². The van der Waals surface area contributed by atoms with Crippen molar-refractivity contribution in [1.82, 2.24) is 15.1 Å². The van der Waals surface area contributed by atoms with Crippen LogP contribution in [0.5, 0.6) is 11.5 Å². The molecule has 0 saturated carbocycles. The van der Waals surface area contributed by atoms with Gasteiger partial charge in [-0.3, -0.25) is 0 Å². The number of hydrogen-bond donors (Lipinski definition) is 4. The van der Waals surface area contributed by atoms with Crippen LogP contribution in [0.15, 0.2) is 28.7 Å². The number of aliphatic hydroxyl groups is 3. The molecular formula is C27H28F3N3O10. The number of aliphatic hydroxyl groups excluding tert-OH is 2. The van der Waals surface area contributed by atoms with Gasteiger partial charge in [0.1, 0.15) is 12.2 Å². The number of esters is 1. The molecule has 2 aromatic rings. The maximum absolute atomic E-state index is 13.2. The third kappa shape index (κ3) is 4.04. The molecule has 0 radical (unpaired) electrons. The molecule has 4 N–H and O–H groups in total. The zero-order valence-electron chi connectivity index (χ0n) is 22.8. The molecular weight excluding hydrogens is 583 g/mol. The highest BCUT2D eigenvalue weighted by molar-refractivity contribution is 5.75. The first kappa shape index (κ1) is 28.5. The smallest absolute Gasteiger partial charge is 0.490 e. The van der Waals surface area contributed by atoms with Crippen molar-refractivity contribution in [3.05, 3.63) is 47.2 Å². The van der Waals surface area contributed by atoms with Gasteiger partial charge in [0.2, 0.25) is 23.9 Å². The lowest BCUT2D eigenvalue weighted by Gasteiger charge is -2.58. The number of aromatic hydroxyl groups is 1. The largest absolute Gasteiger partial charge is 0.504 e. The number of hydrogen-bond acceptors (Lipinski definition) is 13. The quantitative estimate of drug-likeness (QED) is 0.214. The second kappa shape index (κ2) is 9.36. The summed E-state index contributed by atoms with van der Waals surface area (Å²) in [5.41, 5.74) is 0.727. The summed E-state index contributed by atoms with van der Waals surface area (Å²) >= 11 is 0. The summed E-state index contributed by atoms with van der Waals surface area (Å²) in [6, 6.07) is 3.31. The molecule has 5 aliphatic rings. The predicted molar refractivity (Wildman–Crippen MR) is 132 cm³/mol. The van der Waals surface area contributed by atoms with E-state index in [4.69, 9.17) is 18.6 Å². The van der Waals surface area contributed by atoms with Gasteiger partial charge < -0.3 is 48.7 Å². The Hall–Kier alpha value is -3.28.